The van der Waals surface area contributed by atoms with Gasteiger partial charge in [-0.25, -0.2) is 0 Å². The zero-order valence-electron chi connectivity index (χ0n) is 16.9. The quantitative estimate of drug-likeness (QED) is 0.772. The highest BCUT2D eigenvalue weighted by Gasteiger charge is 2.26. The fraction of sp³-hybridized carbons (Fsp3) is 0.391. The third kappa shape index (κ3) is 5.43. The minimum Gasteiger partial charge on any atom is -0.348 e. The van der Waals surface area contributed by atoms with Gasteiger partial charge in [0.25, 0.3) is 5.91 Å². The van der Waals surface area contributed by atoms with Crippen molar-refractivity contribution in [3.63, 3.8) is 0 Å². The number of carbonyl (C=O) groups excluding carboxylic acids is 2. The summed E-state index contributed by atoms with van der Waals surface area (Å²) in [5.41, 5.74) is 3.80. The highest BCUT2D eigenvalue weighted by atomic mass is 16.2. The number of carbonyl (C=O) groups is 2. The van der Waals surface area contributed by atoms with Gasteiger partial charge in [0.2, 0.25) is 5.91 Å². The summed E-state index contributed by atoms with van der Waals surface area (Å²) in [4.78, 5) is 25.4. The van der Waals surface area contributed by atoms with Crippen molar-refractivity contribution in [2.75, 3.05) is 0 Å². The molecule has 0 bridgehead atoms. The van der Waals surface area contributed by atoms with Crippen LogP contribution < -0.4 is 10.6 Å². The average molecular weight is 367 g/mol. The number of aryl methyl sites for hydroxylation is 2. The van der Waals surface area contributed by atoms with Crippen LogP contribution in [0.2, 0.25) is 0 Å². The van der Waals surface area contributed by atoms with E-state index < -0.39 is 6.04 Å². The second-order valence-electron chi connectivity index (χ2n) is 7.34. The van der Waals surface area contributed by atoms with Crippen LogP contribution >= 0.6 is 0 Å². The fourth-order valence-electron chi connectivity index (χ4n) is 3.01. The maximum absolute atomic E-state index is 12.8. The summed E-state index contributed by atoms with van der Waals surface area (Å²) in [6.07, 6.45) is 0.987. The smallest absolute Gasteiger partial charge is 0.252 e. The summed E-state index contributed by atoms with van der Waals surface area (Å²) < 4.78 is 0. The second kappa shape index (κ2) is 9.36. The van der Waals surface area contributed by atoms with Gasteiger partial charge < -0.3 is 10.6 Å². The van der Waals surface area contributed by atoms with E-state index in [1.165, 1.54) is 5.56 Å². The van der Waals surface area contributed by atoms with E-state index in [-0.39, 0.29) is 23.8 Å². The molecule has 27 heavy (non-hydrogen) atoms. The van der Waals surface area contributed by atoms with Crippen molar-refractivity contribution in [1.29, 1.82) is 0 Å². The fourth-order valence-corrected chi connectivity index (χ4v) is 3.01. The zero-order chi connectivity index (χ0) is 20.0. The number of nitrogens with one attached hydrogen (secondary N) is 2. The summed E-state index contributed by atoms with van der Waals surface area (Å²) >= 11 is 0. The Bertz CT molecular complexity index is 781. The molecular formula is C23H30N2O2. The summed E-state index contributed by atoms with van der Waals surface area (Å²) in [5, 5.41) is 5.93. The lowest BCUT2D eigenvalue weighted by Gasteiger charge is -2.24. The molecule has 0 spiro atoms. The van der Waals surface area contributed by atoms with Gasteiger partial charge in [-0.05, 0) is 48.9 Å². The van der Waals surface area contributed by atoms with E-state index >= 15 is 0 Å². The van der Waals surface area contributed by atoms with E-state index in [0.29, 0.717) is 5.56 Å². The first-order chi connectivity index (χ1) is 12.8. The summed E-state index contributed by atoms with van der Waals surface area (Å²) in [6.45, 7) is 9.83. The summed E-state index contributed by atoms with van der Waals surface area (Å²) in [6, 6.07) is 14.9. The Balaban J connectivity index is 2.07. The first-order valence-corrected chi connectivity index (χ1v) is 9.59. The van der Waals surface area contributed by atoms with Gasteiger partial charge >= 0.3 is 0 Å². The lowest BCUT2D eigenvalue weighted by atomic mass is 10.00. The number of benzene rings is 2. The third-order valence-corrected chi connectivity index (χ3v) is 4.87. The lowest BCUT2D eigenvalue weighted by molar-refractivity contribution is -0.124. The molecule has 0 heterocycles. The van der Waals surface area contributed by atoms with Crippen LogP contribution in [0.1, 0.15) is 60.8 Å². The molecule has 2 amide bonds. The van der Waals surface area contributed by atoms with E-state index in [9.17, 15) is 9.59 Å². The van der Waals surface area contributed by atoms with Gasteiger partial charge in [-0.2, -0.15) is 0 Å². The molecule has 0 aliphatic heterocycles. The molecule has 0 radical (unpaired) electrons. The summed E-state index contributed by atoms with van der Waals surface area (Å²) in [7, 11) is 0. The van der Waals surface area contributed by atoms with E-state index in [1.54, 1.807) is 6.07 Å². The van der Waals surface area contributed by atoms with Crippen LogP contribution in [0.5, 0.6) is 0 Å². The highest BCUT2D eigenvalue weighted by Crippen LogP contribution is 2.15. The van der Waals surface area contributed by atoms with Gasteiger partial charge in [0.05, 0.1) is 6.04 Å². The molecule has 2 unspecified atom stereocenters. The van der Waals surface area contributed by atoms with E-state index in [2.05, 4.69) is 29.7 Å². The Morgan fingerprint density at radius 3 is 2.11 bits per heavy atom. The van der Waals surface area contributed by atoms with E-state index in [4.69, 9.17) is 0 Å². The van der Waals surface area contributed by atoms with Crippen molar-refractivity contribution in [2.45, 2.75) is 53.1 Å². The SMILES string of the molecule is CCc1ccc(C(C)NC(=O)C(NC(=O)c2ccccc2C)C(C)C)cc1. The molecule has 2 aromatic rings. The molecule has 0 saturated heterocycles. The van der Waals surface area contributed by atoms with Gasteiger partial charge in [0.15, 0.2) is 0 Å². The molecule has 0 aliphatic rings. The highest BCUT2D eigenvalue weighted by molar-refractivity contribution is 5.98. The molecule has 4 heteroatoms. The minimum atomic E-state index is -0.588. The zero-order valence-corrected chi connectivity index (χ0v) is 16.9. The number of amides is 2. The monoisotopic (exact) mass is 366 g/mol. The maximum Gasteiger partial charge on any atom is 0.252 e. The molecule has 0 aromatic heterocycles. The molecular weight excluding hydrogens is 336 g/mol. The van der Waals surface area contributed by atoms with Crippen molar-refractivity contribution in [3.8, 4) is 0 Å². The number of hydrogen-bond donors (Lipinski definition) is 2. The van der Waals surface area contributed by atoms with Crippen LogP contribution in [0.4, 0.5) is 0 Å². The molecule has 0 aliphatic carbocycles. The Morgan fingerprint density at radius 1 is 0.926 bits per heavy atom. The van der Waals surface area contributed by atoms with Crippen LogP contribution in [0.15, 0.2) is 48.5 Å². The van der Waals surface area contributed by atoms with Crippen molar-refractivity contribution in [1.82, 2.24) is 10.6 Å². The van der Waals surface area contributed by atoms with Gasteiger partial charge in [-0.15, -0.1) is 0 Å². The molecule has 4 nitrogen and oxygen atoms in total. The van der Waals surface area contributed by atoms with Crippen molar-refractivity contribution in [2.24, 2.45) is 5.92 Å². The van der Waals surface area contributed by atoms with Crippen molar-refractivity contribution < 1.29 is 9.59 Å². The normalized spacial score (nSPS) is 13.1. The van der Waals surface area contributed by atoms with Gasteiger partial charge in [0, 0.05) is 5.56 Å². The lowest BCUT2D eigenvalue weighted by Crippen LogP contribution is -2.50. The Hall–Kier alpha value is -2.62. The Kier molecular flexibility index (Phi) is 7.17. The van der Waals surface area contributed by atoms with Crippen molar-refractivity contribution >= 4 is 11.8 Å². The minimum absolute atomic E-state index is 0.0207. The maximum atomic E-state index is 12.8. The predicted molar refractivity (Wildman–Crippen MR) is 110 cm³/mol. The summed E-state index contributed by atoms with van der Waals surface area (Å²) in [5.74, 6) is -0.409. The Labute approximate surface area is 162 Å². The average Bonchev–Trinajstić information content (AvgIpc) is 2.65. The van der Waals surface area contributed by atoms with Gasteiger partial charge in [0.1, 0.15) is 6.04 Å². The number of rotatable bonds is 7. The van der Waals surface area contributed by atoms with Crippen LogP contribution in [-0.4, -0.2) is 17.9 Å². The number of hydrogen-bond acceptors (Lipinski definition) is 2. The van der Waals surface area contributed by atoms with Gasteiger partial charge in [-0.3, -0.25) is 9.59 Å². The molecule has 144 valence electrons. The molecule has 2 rings (SSSR count). The molecule has 2 N–H and O–H groups in total. The van der Waals surface area contributed by atoms with Crippen LogP contribution in [-0.2, 0) is 11.2 Å². The predicted octanol–water partition coefficient (Wildman–Crippen LogP) is 4.19. The molecule has 0 fully saturated rings. The first-order valence-electron chi connectivity index (χ1n) is 9.59. The van der Waals surface area contributed by atoms with E-state index in [0.717, 1.165) is 17.5 Å². The third-order valence-electron chi connectivity index (χ3n) is 4.87. The largest absolute Gasteiger partial charge is 0.348 e. The van der Waals surface area contributed by atoms with E-state index in [1.807, 2.05) is 58.0 Å². The van der Waals surface area contributed by atoms with Crippen LogP contribution in [0.3, 0.4) is 0 Å². The van der Waals surface area contributed by atoms with Crippen molar-refractivity contribution in [3.05, 3.63) is 70.8 Å². The molecule has 0 saturated carbocycles. The van der Waals surface area contributed by atoms with Crippen LogP contribution in [0, 0.1) is 12.8 Å². The van der Waals surface area contributed by atoms with Crippen LogP contribution in [0.25, 0.3) is 0 Å². The topological polar surface area (TPSA) is 58.2 Å². The van der Waals surface area contributed by atoms with Gasteiger partial charge in [-0.1, -0.05) is 63.2 Å². The molecule has 2 aromatic carbocycles. The Morgan fingerprint density at radius 2 is 1.56 bits per heavy atom. The standard InChI is InChI=1S/C23H30N2O2/c1-6-18-11-13-19(14-12-18)17(5)24-23(27)21(15(2)3)25-22(26)20-10-8-7-9-16(20)4/h7-15,17,21H,6H2,1-5H3,(H,24,27)(H,25,26). The second-order valence-corrected chi connectivity index (χ2v) is 7.34. The first kappa shape index (κ1) is 20.7. The molecule has 2 atom stereocenters.